The van der Waals surface area contributed by atoms with Gasteiger partial charge in [0.05, 0.1) is 17.8 Å². The van der Waals surface area contributed by atoms with Crippen molar-refractivity contribution >= 4 is 23.1 Å². The van der Waals surface area contributed by atoms with Crippen LogP contribution >= 0.6 is 11.6 Å². The Morgan fingerprint density at radius 2 is 1.85 bits per heavy atom. The lowest BCUT2D eigenvalue weighted by atomic mass is 10.1. The fourth-order valence-corrected chi connectivity index (χ4v) is 2.05. The number of nitriles is 1. The van der Waals surface area contributed by atoms with E-state index in [9.17, 15) is 4.79 Å². The van der Waals surface area contributed by atoms with Crippen molar-refractivity contribution in [2.45, 2.75) is 0 Å². The van der Waals surface area contributed by atoms with Crippen LogP contribution in [0.15, 0.2) is 48.5 Å². The highest BCUT2D eigenvalue weighted by molar-refractivity contribution is 6.30. The molecule has 2 rings (SSSR count). The van der Waals surface area contributed by atoms with Gasteiger partial charge in [-0.3, -0.25) is 4.79 Å². The number of carbonyl (C=O) groups excluding carboxylic acids is 1. The van der Waals surface area contributed by atoms with E-state index >= 15 is 0 Å². The van der Waals surface area contributed by atoms with Crippen LogP contribution in [0.25, 0.3) is 0 Å². The highest BCUT2D eigenvalue weighted by Gasteiger charge is 2.12. The van der Waals surface area contributed by atoms with Gasteiger partial charge in [-0.2, -0.15) is 5.26 Å². The Bertz CT molecular complexity index is 659. The smallest absolute Gasteiger partial charge is 0.182 e. The van der Waals surface area contributed by atoms with Crippen LogP contribution in [0.5, 0.6) is 0 Å². The van der Waals surface area contributed by atoms with Gasteiger partial charge < -0.3 is 4.90 Å². The molecule has 0 saturated carbocycles. The van der Waals surface area contributed by atoms with Crippen LogP contribution in [-0.2, 0) is 0 Å². The van der Waals surface area contributed by atoms with Crippen molar-refractivity contribution in [2.24, 2.45) is 0 Å². The summed E-state index contributed by atoms with van der Waals surface area (Å²) in [5, 5.41) is 9.67. The number of carbonyl (C=O) groups is 1. The first kappa shape index (κ1) is 14.1. The number of hydrogen-bond acceptors (Lipinski definition) is 3. The van der Waals surface area contributed by atoms with Crippen LogP contribution in [0, 0.1) is 11.3 Å². The minimum atomic E-state index is -0.0168. The van der Waals surface area contributed by atoms with Crippen LogP contribution in [0.4, 0.5) is 5.69 Å². The molecule has 0 spiro atoms. The Kier molecular flexibility index (Phi) is 4.39. The van der Waals surface area contributed by atoms with Crippen LogP contribution in [-0.4, -0.2) is 19.4 Å². The molecule has 3 nitrogen and oxygen atoms in total. The Hall–Kier alpha value is -2.31. The number of hydrogen-bond donors (Lipinski definition) is 0. The number of anilines is 1. The van der Waals surface area contributed by atoms with Gasteiger partial charge in [-0.25, -0.2) is 0 Å². The van der Waals surface area contributed by atoms with Crippen LogP contribution in [0.3, 0.4) is 0 Å². The Balaban J connectivity index is 2.15. The molecule has 0 heterocycles. The van der Waals surface area contributed by atoms with Crippen LogP contribution < -0.4 is 4.90 Å². The fraction of sp³-hybridized carbons (Fsp3) is 0.125. The van der Waals surface area contributed by atoms with Crippen molar-refractivity contribution < 1.29 is 4.79 Å². The molecule has 0 amide bonds. The average Bonchev–Trinajstić information content (AvgIpc) is 2.47. The third-order valence-electron chi connectivity index (χ3n) is 2.98. The van der Waals surface area contributed by atoms with Gasteiger partial charge in [0, 0.05) is 17.6 Å². The van der Waals surface area contributed by atoms with E-state index < -0.39 is 0 Å². The lowest BCUT2D eigenvalue weighted by molar-refractivity contribution is 0.100. The molecule has 0 aliphatic heterocycles. The Morgan fingerprint density at radius 3 is 2.50 bits per heavy atom. The number of Topliss-reactive ketones (excluding diaryl/α,β-unsaturated/α-hetero) is 1. The summed E-state index contributed by atoms with van der Waals surface area (Å²) in [6.07, 6.45) is 0. The standard InChI is InChI=1S/C16H13ClN2O/c1-19(15-5-3-2-4-13(15)10-18)11-16(20)12-6-8-14(17)9-7-12/h2-9H,11H2,1H3. The van der Waals surface area contributed by atoms with E-state index in [0.717, 1.165) is 5.69 Å². The summed E-state index contributed by atoms with van der Waals surface area (Å²) in [7, 11) is 1.80. The predicted octanol–water partition coefficient (Wildman–Crippen LogP) is 3.53. The summed E-state index contributed by atoms with van der Waals surface area (Å²) in [5.74, 6) is -0.0168. The monoisotopic (exact) mass is 284 g/mol. The fourth-order valence-electron chi connectivity index (χ4n) is 1.93. The summed E-state index contributed by atoms with van der Waals surface area (Å²) < 4.78 is 0. The third kappa shape index (κ3) is 3.17. The van der Waals surface area contributed by atoms with Crippen LogP contribution in [0.1, 0.15) is 15.9 Å². The molecular formula is C16H13ClN2O. The molecule has 0 unspecified atom stereocenters. The molecule has 0 fully saturated rings. The van der Waals surface area contributed by atoms with E-state index in [-0.39, 0.29) is 12.3 Å². The largest absolute Gasteiger partial charge is 0.366 e. The van der Waals surface area contributed by atoms with Gasteiger partial charge in [-0.05, 0) is 36.4 Å². The highest BCUT2D eigenvalue weighted by Crippen LogP contribution is 2.18. The maximum absolute atomic E-state index is 12.2. The third-order valence-corrected chi connectivity index (χ3v) is 3.23. The average molecular weight is 285 g/mol. The van der Waals surface area contributed by atoms with Crippen molar-refractivity contribution in [3.63, 3.8) is 0 Å². The molecule has 0 radical (unpaired) electrons. The summed E-state index contributed by atoms with van der Waals surface area (Å²) in [4.78, 5) is 13.9. The van der Waals surface area contributed by atoms with Gasteiger partial charge in [-0.1, -0.05) is 23.7 Å². The molecule has 0 aliphatic rings. The minimum absolute atomic E-state index is 0.0168. The molecule has 2 aromatic rings. The van der Waals surface area contributed by atoms with Crippen molar-refractivity contribution in [2.75, 3.05) is 18.5 Å². The molecule has 0 aromatic heterocycles. The SMILES string of the molecule is CN(CC(=O)c1ccc(Cl)cc1)c1ccccc1C#N. The van der Waals surface area contributed by atoms with Gasteiger partial charge in [0.2, 0.25) is 0 Å². The Morgan fingerprint density at radius 1 is 1.20 bits per heavy atom. The molecule has 0 atom stereocenters. The van der Waals surface area contributed by atoms with Crippen molar-refractivity contribution in [3.05, 3.63) is 64.7 Å². The van der Waals surface area contributed by atoms with Crippen LogP contribution in [0.2, 0.25) is 5.02 Å². The van der Waals surface area contributed by atoms with E-state index in [1.165, 1.54) is 0 Å². The summed E-state index contributed by atoms with van der Waals surface area (Å²) in [6, 6.07) is 16.1. The number of para-hydroxylation sites is 1. The lowest BCUT2D eigenvalue weighted by Crippen LogP contribution is -2.26. The predicted molar refractivity (Wildman–Crippen MR) is 80.2 cm³/mol. The molecule has 0 aliphatic carbocycles. The summed E-state index contributed by atoms with van der Waals surface area (Å²) >= 11 is 5.80. The number of benzene rings is 2. The van der Waals surface area contributed by atoms with Gasteiger partial charge >= 0.3 is 0 Å². The number of nitrogens with zero attached hydrogens (tertiary/aromatic N) is 2. The minimum Gasteiger partial charge on any atom is -0.366 e. The van der Waals surface area contributed by atoms with E-state index in [1.807, 2.05) is 12.1 Å². The topological polar surface area (TPSA) is 44.1 Å². The maximum Gasteiger partial charge on any atom is 0.182 e. The summed E-state index contributed by atoms with van der Waals surface area (Å²) in [6.45, 7) is 0.209. The maximum atomic E-state index is 12.2. The number of rotatable bonds is 4. The summed E-state index contributed by atoms with van der Waals surface area (Å²) in [5.41, 5.74) is 1.91. The van der Waals surface area contributed by atoms with Gasteiger partial charge in [0.15, 0.2) is 5.78 Å². The first-order valence-electron chi connectivity index (χ1n) is 6.11. The van der Waals surface area contributed by atoms with Gasteiger partial charge in [-0.15, -0.1) is 0 Å². The molecule has 20 heavy (non-hydrogen) atoms. The van der Waals surface area contributed by atoms with Gasteiger partial charge in [0.25, 0.3) is 0 Å². The van der Waals surface area contributed by atoms with E-state index in [0.29, 0.717) is 16.1 Å². The highest BCUT2D eigenvalue weighted by atomic mass is 35.5. The second kappa shape index (κ2) is 6.23. The Labute approximate surface area is 123 Å². The molecule has 0 saturated heterocycles. The first-order chi connectivity index (χ1) is 9.61. The zero-order valence-corrected chi connectivity index (χ0v) is 11.8. The van der Waals surface area contributed by atoms with E-state index in [2.05, 4.69) is 6.07 Å². The normalized spacial score (nSPS) is 9.85. The number of halogens is 1. The number of ketones is 1. The van der Waals surface area contributed by atoms with Crippen molar-refractivity contribution in [1.29, 1.82) is 5.26 Å². The lowest BCUT2D eigenvalue weighted by Gasteiger charge is -2.19. The van der Waals surface area contributed by atoms with Gasteiger partial charge in [0.1, 0.15) is 6.07 Å². The zero-order chi connectivity index (χ0) is 14.5. The van der Waals surface area contributed by atoms with E-state index in [1.54, 1.807) is 48.3 Å². The second-order valence-electron chi connectivity index (χ2n) is 4.42. The zero-order valence-electron chi connectivity index (χ0n) is 11.0. The molecule has 100 valence electrons. The number of likely N-dealkylation sites (N-methyl/N-ethyl adjacent to an activating group) is 1. The molecule has 4 heteroatoms. The molecule has 0 bridgehead atoms. The van der Waals surface area contributed by atoms with Crippen molar-refractivity contribution in [1.82, 2.24) is 0 Å². The van der Waals surface area contributed by atoms with Crippen molar-refractivity contribution in [3.8, 4) is 6.07 Å². The second-order valence-corrected chi connectivity index (χ2v) is 4.85. The molecule has 2 aromatic carbocycles. The quantitative estimate of drug-likeness (QED) is 0.807. The van der Waals surface area contributed by atoms with E-state index in [4.69, 9.17) is 16.9 Å². The molecule has 0 N–H and O–H groups in total. The molecular weight excluding hydrogens is 272 g/mol. The first-order valence-corrected chi connectivity index (χ1v) is 6.48.